The van der Waals surface area contributed by atoms with Gasteiger partial charge in [-0.05, 0) is 24.6 Å². The van der Waals surface area contributed by atoms with E-state index in [-0.39, 0.29) is 5.91 Å². The molecule has 0 bridgehead atoms. The number of carbonyl (C=O) groups excluding carboxylic acids is 1. The number of rotatable bonds is 10. The van der Waals surface area contributed by atoms with Crippen molar-refractivity contribution >= 4 is 28.9 Å². The second-order valence-corrected chi connectivity index (χ2v) is 5.47. The van der Waals surface area contributed by atoms with E-state index in [1.807, 2.05) is 0 Å². The molecule has 0 aliphatic heterocycles. The van der Waals surface area contributed by atoms with Crippen molar-refractivity contribution in [2.45, 2.75) is 45.4 Å². The Morgan fingerprint density at radius 3 is 2.71 bits per heavy atom. The smallest absolute Gasteiger partial charge is 0.226 e. The molecule has 0 saturated heterocycles. The molecule has 1 amide bonds. The normalized spacial score (nSPS) is 10.6. The number of benzene rings is 1. The molecule has 0 aliphatic rings. The zero-order chi connectivity index (χ0) is 15.5. The van der Waals surface area contributed by atoms with Crippen LogP contribution in [0.15, 0.2) is 18.2 Å². The molecule has 0 saturated carbocycles. The molecule has 0 aromatic heterocycles. The van der Waals surface area contributed by atoms with Gasteiger partial charge in [0.1, 0.15) is 0 Å². The van der Waals surface area contributed by atoms with E-state index in [9.17, 15) is 4.79 Å². The number of unbranched alkanes of at least 4 members (excludes halogenated alkanes) is 4. The Labute approximate surface area is 132 Å². The number of nitrogen functional groups attached to an aromatic ring is 1. The molecule has 0 radical (unpaired) electrons. The zero-order valence-electron chi connectivity index (χ0n) is 12.7. The second kappa shape index (κ2) is 10.5. The topological polar surface area (TPSA) is 64.3 Å². The molecular formula is C16H25ClN2O2. The van der Waals surface area contributed by atoms with Crippen molar-refractivity contribution in [3.8, 4) is 0 Å². The van der Waals surface area contributed by atoms with Gasteiger partial charge >= 0.3 is 0 Å². The molecule has 21 heavy (non-hydrogen) atoms. The van der Waals surface area contributed by atoms with Crippen molar-refractivity contribution in [2.75, 3.05) is 24.3 Å². The Morgan fingerprint density at radius 1 is 1.24 bits per heavy atom. The Balaban J connectivity index is 2.10. The largest absolute Gasteiger partial charge is 0.397 e. The predicted molar refractivity (Wildman–Crippen MR) is 88.7 cm³/mol. The zero-order valence-corrected chi connectivity index (χ0v) is 13.4. The Kier molecular flexibility index (Phi) is 8.87. The van der Waals surface area contributed by atoms with Crippen molar-refractivity contribution in [1.29, 1.82) is 0 Å². The number of anilines is 2. The number of nitrogens with one attached hydrogen (secondary N) is 1. The first-order valence-corrected chi connectivity index (χ1v) is 7.94. The number of ether oxygens (including phenoxy) is 1. The summed E-state index contributed by atoms with van der Waals surface area (Å²) in [6.45, 7) is 3.37. The van der Waals surface area contributed by atoms with Crippen molar-refractivity contribution in [1.82, 2.24) is 0 Å². The average molecular weight is 313 g/mol. The lowest BCUT2D eigenvalue weighted by molar-refractivity contribution is -0.117. The summed E-state index contributed by atoms with van der Waals surface area (Å²) in [5.74, 6) is -0.0808. The molecule has 0 aliphatic carbocycles. The van der Waals surface area contributed by atoms with Crippen LogP contribution in [0.4, 0.5) is 11.4 Å². The summed E-state index contributed by atoms with van der Waals surface area (Å²) < 4.78 is 5.46. The summed E-state index contributed by atoms with van der Waals surface area (Å²) in [7, 11) is 0. The summed E-state index contributed by atoms with van der Waals surface area (Å²) in [6.07, 6.45) is 6.40. The maximum atomic E-state index is 11.7. The fourth-order valence-electron chi connectivity index (χ4n) is 1.92. The van der Waals surface area contributed by atoms with Crippen LogP contribution in [0.2, 0.25) is 5.02 Å². The number of hydrogen-bond acceptors (Lipinski definition) is 3. The molecule has 0 heterocycles. The van der Waals surface area contributed by atoms with Crippen molar-refractivity contribution in [2.24, 2.45) is 0 Å². The van der Waals surface area contributed by atoms with Crippen LogP contribution in [0.1, 0.15) is 45.4 Å². The minimum Gasteiger partial charge on any atom is -0.397 e. The fourth-order valence-corrected chi connectivity index (χ4v) is 2.04. The van der Waals surface area contributed by atoms with Gasteiger partial charge in [-0.3, -0.25) is 4.79 Å². The Morgan fingerprint density at radius 2 is 2.00 bits per heavy atom. The number of halogens is 1. The van der Waals surface area contributed by atoms with Crippen LogP contribution >= 0.6 is 11.6 Å². The first-order chi connectivity index (χ1) is 10.1. The Bertz CT molecular complexity index is 438. The number of carbonyl (C=O) groups is 1. The molecule has 0 fully saturated rings. The molecule has 0 spiro atoms. The van der Waals surface area contributed by atoms with Gasteiger partial charge < -0.3 is 15.8 Å². The highest BCUT2D eigenvalue weighted by atomic mass is 35.5. The van der Waals surface area contributed by atoms with Gasteiger partial charge in [0.15, 0.2) is 0 Å². The van der Waals surface area contributed by atoms with Crippen molar-refractivity contribution in [3.05, 3.63) is 23.2 Å². The van der Waals surface area contributed by atoms with Gasteiger partial charge in [-0.2, -0.15) is 0 Å². The van der Waals surface area contributed by atoms with E-state index in [2.05, 4.69) is 12.2 Å². The maximum Gasteiger partial charge on any atom is 0.226 e. The van der Waals surface area contributed by atoms with Crippen LogP contribution in [-0.4, -0.2) is 19.1 Å². The van der Waals surface area contributed by atoms with Gasteiger partial charge in [-0.25, -0.2) is 0 Å². The summed E-state index contributed by atoms with van der Waals surface area (Å²) in [5, 5.41) is 3.26. The summed E-state index contributed by atoms with van der Waals surface area (Å²) in [4.78, 5) is 11.7. The Hall–Kier alpha value is -1.26. The molecule has 0 unspecified atom stereocenters. The standard InChI is InChI=1S/C16H25ClN2O2/c1-2-3-4-5-6-10-21-11-9-16(20)19-13-7-8-14(17)15(18)12-13/h7-8,12H,2-6,9-11,18H2,1H3,(H,19,20). The highest BCUT2D eigenvalue weighted by Crippen LogP contribution is 2.22. The lowest BCUT2D eigenvalue weighted by atomic mass is 10.2. The van der Waals surface area contributed by atoms with Gasteiger partial charge in [0.05, 0.1) is 23.7 Å². The minimum absolute atomic E-state index is 0.0808. The first kappa shape index (κ1) is 17.8. The lowest BCUT2D eigenvalue weighted by Gasteiger charge is -2.07. The molecule has 3 N–H and O–H groups in total. The van der Waals surface area contributed by atoms with Gasteiger partial charge in [-0.1, -0.05) is 44.2 Å². The lowest BCUT2D eigenvalue weighted by Crippen LogP contribution is -2.14. The third kappa shape index (κ3) is 7.93. The predicted octanol–water partition coefficient (Wildman–Crippen LogP) is 4.24. The molecule has 1 aromatic carbocycles. The quantitative estimate of drug-likeness (QED) is 0.502. The first-order valence-electron chi connectivity index (χ1n) is 7.56. The summed E-state index contributed by atoms with van der Waals surface area (Å²) >= 11 is 5.82. The van der Waals surface area contributed by atoms with E-state index >= 15 is 0 Å². The van der Waals surface area contributed by atoms with E-state index in [1.165, 1.54) is 25.7 Å². The third-order valence-electron chi connectivity index (χ3n) is 3.15. The van der Waals surface area contributed by atoms with Crippen LogP contribution in [-0.2, 0) is 9.53 Å². The summed E-state index contributed by atoms with van der Waals surface area (Å²) in [5.41, 5.74) is 6.79. The van der Waals surface area contributed by atoms with E-state index in [0.717, 1.165) is 13.0 Å². The molecule has 1 aromatic rings. The van der Waals surface area contributed by atoms with Crippen molar-refractivity contribution < 1.29 is 9.53 Å². The van der Waals surface area contributed by atoms with Gasteiger partial charge in [0, 0.05) is 12.3 Å². The maximum absolute atomic E-state index is 11.7. The average Bonchev–Trinajstić information content (AvgIpc) is 2.46. The molecule has 4 nitrogen and oxygen atoms in total. The molecule has 5 heteroatoms. The molecule has 1 rings (SSSR count). The highest BCUT2D eigenvalue weighted by molar-refractivity contribution is 6.33. The fraction of sp³-hybridized carbons (Fsp3) is 0.562. The van der Waals surface area contributed by atoms with E-state index in [4.69, 9.17) is 22.1 Å². The van der Waals surface area contributed by atoms with Gasteiger partial charge in [0.25, 0.3) is 0 Å². The highest BCUT2D eigenvalue weighted by Gasteiger charge is 2.04. The van der Waals surface area contributed by atoms with Crippen LogP contribution in [0.25, 0.3) is 0 Å². The van der Waals surface area contributed by atoms with E-state index in [1.54, 1.807) is 18.2 Å². The second-order valence-electron chi connectivity index (χ2n) is 5.06. The number of nitrogens with two attached hydrogens (primary N) is 1. The molecule has 118 valence electrons. The van der Waals surface area contributed by atoms with E-state index < -0.39 is 0 Å². The monoisotopic (exact) mass is 312 g/mol. The van der Waals surface area contributed by atoms with Crippen LogP contribution in [0, 0.1) is 0 Å². The van der Waals surface area contributed by atoms with Gasteiger partial charge in [-0.15, -0.1) is 0 Å². The molecular weight excluding hydrogens is 288 g/mol. The molecule has 0 atom stereocenters. The SMILES string of the molecule is CCCCCCCOCCC(=O)Nc1ccc(Cl)c(N)c1. The minimum atomic E-state index is -0.0808. The number of amides is 1. The van der Waals surface area contributed by atoms with E-state index in [0.29, 0.717) is 29.4 Å². The third-order valence-corrected chi connectivity index (χ3v) is 3.49. The van der Waals surface area contributed by atoms with Gasteiger partial charge in [0.2, 0.25) is 5.91 Å². The van der Waals surface area contributed by atoms with Crippen LogP contribution in [0.3, 0.4) is 0 Å². The summed E-state index contributed by atoms with van der Waals surface area (Å²) in [6, 6.07) is 5.04. The van der Waals surface area contributed by atoms with Crippen LogP contribution in [0.5, 0.6) is 0 Å². The number of hydrogen-bond donors (Lipinski definition) is 2. The van der Waals surface area contributed by atoms with Crippen LogP contribution < -0.4 is 11.1 Å². The van der Waals surface area contributed by atoms with Crippen molar-refractivity contribution in [3.63, 3.8) is 0 Å².